The van der Waals surface area contributed by atoms with Gasteiger partial charge in [0.1, 0.15) is 0 Å². The molecule has 1 aromatic carbocycles. The Morgan fingerprint density at radius 2 is 1.12 bits per heavy atom. The van der Waals surface area contributed by atoms with E-state index in [0.717, 1.165) is 62.7 Å². The van der Waals surface area contributed by atoms with Crippen LogP contribution < -0.4 is 9.80 Å². The van der Waals surface area contributed by atoms with Gasteiger partial charge in [-0.3, -0.25) is 9.59 Å². The number of hydrogen-bond donors (Lipinski definition) is 0. The summed E-state index contributed by atoms with van der Waals surface area (Å²) in [6.07, 6.45) is 11.1. The summed E-state index contributed by atoms with van der Waals surface area (Å²) in [6.45, 7) is 0. The Bertz CT molecular complexity index is 580. The smallest absolute Gasteiger partial charge is 0.229 e. The Balaban J connectivity index is 1.70. The van der Waals surface area contributed by atoms with Crippen molar-refractivity contribution in [2.75, 3.05) is 23.9 Å². The van der Waals surface area contributed by atoms with Gasteiger partial charge in [-0.15, -0.1) is 0 Å². The largest absolute Gasteiger partial charge is 0.315 e. The van der Waals surface area contributed by atoms with Gasteiger partial charge in [-0.05, 0) is 43.9 Å². The van der Waals surface area contributed by atoms with E-state index < -0.39 is 0 Å². The Morgan fingerprint density at radius 1 is 0.731 bits per heavy atom. The summed E-state index contributed by atoms with van der Waals surface area (Å²) >= 11 is 0. The van der Waals surface area contributed by atoms with Crippen molar-refractivity contribution in [3.8, 4) is 0 Å². The Hall–Kier alpha value is -1.84. The van der Waals surface area contributed by atoms with Gasteiger partial charge in [0.15, 0.2) is 0 Å². The molecule has 0 bridgehead atoms. The summed E-state index contributed by atoms with van der Waals surface area (Å²) in [6, 6.07) is 7.84. The third-order valence-electron chi connectivity index (χ3n) is 6.17. The molecule has 2 amide bonds. The van der Waals surface area contributed by atoms with Crippen LogP contribution in [0.4, 0.5) is 11.4 Å². The van der Waals surface area contributed by atoms with Crippen molar-refractivity contribution in [2.24, 2.45) is 11.8 Å². The molecule has 1 aromatic rings. The second kappa shape index (κ2) is 8.70. The normalized spacial score (nSPS) is 19.2. The van der Waals surface area contributed by atoms with E-state index in [2.05, 4.69) is 0 Å². The maximum atomic E-state index is 12.8. The SMILES string of the molecule is CN(C(=O)C1CCCCC1)c1cccc(N(C)C(=O)C2CCCCC2)c1. The molecule has 0 aliphatic heterocycles. The predicted molar refractivity (Wildman–Crippen MR) is 106 cm³/mol. The van der Waals surface area contributed by atoms with E-state index in [1.54, 1.807) is 9.80 Å². The molecule has 2 aliphatic carbocycles. The maximum absolute atomic E-state index is 12.8. The van der Waals surface area contributed by atoms with Gasteiger partial charge < -0.3 is 9.80 Å². The van der Waals surface area contributed by atoms with Crippen LogP contribution in [0.1, 0.15) is 64.2 Å². The van der Waals surface area contributed by atoms with Gasteiger partial charge in [-0.2, -0.15) is 0 Å². The second-order valence-electron chi connectivity index (χ2n) is 7.98. The minimum atomic E-state index is 0.152. The van der Waals surface area contributed by atoms with Crippen LogP contribution >= 0.6 is 0 Å². The van der Waals surface area contributed by atoms with Crippen LogP contribution in [-0.2, 0) is 9.59 Å². The predicted octanol–water partition coefficient (Wildman–Crippen LogP) is 4.77. The average Bonchev–Trinajstić information content (AvgIpc) is 2.73. The molecule has 2 saturated carbocycles. The number of nitrogens with zero attached hydrogens (tertiary/aromatic N) is 2. The standard InChI is InChI=1S/C22H32N2O2/c1-23(21(25)17-10-5-3-6-11-17)19-14-9-15-20(16-19)24(2)22(26)18-12-7-4-8-13-18/h9,14-18H,3-8,10-13H2,1-2H3. The molecule has 0 aromatic heterocycles. The lowest BCUT2D eigenvalue weighted by Gasteiger charge is -2.29. The Kier molecular flexibility index (Phi) is 6.33. The highest BCUT2D eigenvalue weighted by Crippen LogP contribution is 2.30. The fraction of sp³-hybridized carbons (Fsp3) is 0.636. The fourth-order valence-electron chi connectivity index (χ4n) is 4.41. The molecule has 0 saturated heterocycles. The molecule has 142 valence electrons. The summed E-state index contributed by atoms with van der Waals surface area (Å²) in [5.74, 6) is 0.726. The number of rotatable bonds is 4. The maximum Gasteiger partial charge on any atom is 0.229 e. The Labute approximate surface area is 157 Å². The van der Waals surface area contributed by atoms with Crippen LogP contribution in [0.5, 0.6) is 0 Å². The highest BCUT2D eigenvalue weighted by molar-refractivity contribution is 5.97. The van der Waals surface area contributed by atoms with E-state index in [0.29, 0.717) is 0 Å². The van der Waals surface area contributed by atoms with E-state index >= 15 is 0 Å². The summed E-state index contributed by atoms with van der Waals surface area (Å²) in [4.78, 5) is 29.2. The van der Waals surface area contributed by atoms with Gasteiger partial charge in [-0.1, -0.05) is 44.6 Å². The van der Waals surface area contributed by atoms with Crippen LogP contribution in [0.25, 0.3) is 0 Å². The van der Waals surface area contributed by atoms with Crippen molar-refractivity contribution in [3.63, 3.8) is 0 Å². The first-order chi connectivity index (χ1) is 12.6. The van der Waals surface area contributed by atoms with E-state index in [4.69, 9.17) is 0 Å². The first-order valence-corrected chi connectivity index (χ1v) is 10.2. The molecule has 0 radical (unpaired) electrons. The second-order valence-corrected chi connectivity index (χ2v) is 7.98. The lowest BCUT2D eigenvalue weighted by molar-refractivity contribution is -0.123. The molecule has 2 aliphatic rings. The minimum Gasteiger partial charge on any atom is -0.315 e. The number of carbonyl (C=O) groups is 2. The number of benzene rings is 1. The van der Waals surface area contributed by atoms with Crippen molar-refractivity contribution in [1.29, 1.82) is 0 Å². The van der Waals surface area contributed by atoms with E-state index in [-0.39, 0.29) is 23.7 Å². The lowest BCUT2D eigenvalue weighted by Crippen LogP contribution is -2.35. The highest BCUT2D eigenvalue weighted by Gasteiger charge is 2.27. The zero-order chi connectivity index (χ0) is 18.5. The van der Waals surface area contributed by atoms with Gasteiger partial charge in [0.25, 0.3) is 0 Å². The van der Waals surface area contributed by atoms with Crippen LogP contribution in [-0.4, -0.2) is 25.9 Å². The molecule has 0 N–H and O–H groups in total. The van der Waals surface area contributed by atoms with Crippen LogP contribution in [0.15, 0.2) is 24.3 Å². The molecule has 0 heterocycles. The van der Waals surface area contributed by atoms with Gasteiger partial charge in [0.05, 0.1) is 0 Å². The molecule has 26 heavy (non-hydrogen) atoms. The van der Waals surface area contributed by atoms with Crippen molar-refractivity contribution < 1.29 is 9.59 Å². The van der Waals surface area contributed by atoms with E-state index in [1.165, 1.54) is 12.8 Å². The molecule has 2 fully saturated rings. The van der Waals surface area contributed by atoms with Crippen molar-refractivity contribution in [2.45, 2.75) is 64.2 Å². The molecule has 3 rings (SSSR count). The molecular formula is C22H32N2O2. The van der Waals surface area contributed by atoms with Crippen molar-refractivity contribution >= 4 is 23.2 Å². The van der Waals surface area contributed by atoms with Gasteiger partial charge in [0, 0.05) is 37.3 Å². The summed E-state index contributed by atoms with van der Waals surface area (Å²) in [5, 5.41) is 0. The van der Waals surface area contributed by atoms with Gasteiger partial charge >= 0.3 is 0 Å². The number of hydrogen-bond acceptors (Lipinski definition) is 2. The topological polar surface area (TPSA) is 40.6 Å². The summed E-state index contributed by atoms with van der Waals surface area (Å²) in [7, 11) is 3.72. The zero-order valence-electron chi connectivity index (χ0n) is 16.2. The number of anilines is 2. The summed E-state index contributed by atoms with van der Waals surface area (Å²) < 4.78 is 0. The monoisotopic (exact) mass is 356 g/mol. The van der Waals surface area contributed by atoms with Crippen molar-refractivity contribution in [3.05, 3.63) is 24.3 Å². The van der Waals surface area contributed by atoms with Crippen LogP contribution in [0.3, 0.4) is 0 Å². The van der Waals surface area contributed by atoms with E-state index in [9.17, 15) is 9.59 Å². The first kappa shape index (κ1) is 18.9. The number of carbonyl (C=O) groups excluding carboxylic acids is 2. The third-order valence-corrected chi connectivity index (χ3v) is 6.17. The zero-order valence-corrected chi connectivity index (χ0v) is 16.2. The Morgan fingerprint density at radius 3 is 1.50 bits per heavy atom. The average molecular weight is 357 g/mol. The molecule has 4 heteroatoms. The lowest BCUT2D eigenvalue weighted by atomic mass is 9.88. The number of amides is 2. The quantitative estimate of drug-likeness (QED) is 0.779. The molecule has 4 nitrogen and oxygen atoms in total. The molecule has 0 spiro atoms. The van der Waals surface area contributed by atoms with Gasteiger partial charge in [0.2, 0.25) is 11.8 Å². The first-order valence-electron chi connectivity index (χ1n) is 10.2. The van der Waals surface area contributed by atoms with Gasteiger partial charge in [-0.25, -0.2) is 0 Å². The van der Waals surface area contributed by atoms with Crippen molar-refractivity contribution in [1.82, 2.24) is 0 Å². The minimum absolute atomic E-state index is 0.152. The van der Waals surface area contributed by atoms with Crippen LogP contribution in [0.2, 0.25) is 0 Å². The highest BCUT2D eigenvalue weighted by atomic mass is 16.2. The van der Waals surface area contributed by atoms with Crippen LogP contribution in [0, 0.1) is 11.8 Å². The molecule has 0 atom stereocenters. The third kappa shape index (κ3) is 4.28. The fourth-order valence-corrected chi connectivity index (χ4v) is 4.41. The molecular weight excluding hydrogens is 324 g/mol. The summed E-state index contributed by atoms with van der Waals surface area (Å²) in [5.41, 5.74) is 1.75. The molecule has 0 unspecified atom stereocenters. The van der Waals surface area contributed by atoms with E-state index in [1.807, 2.05) is 38.4 Å².